The van der Waals surface area contributed by atoms with Crippen LogP contribution in [0.3, 0.4) is 0 Å². The molecule has 4 rings (SSSR count). The normalized spacial score (nSPS) is 16.4. The van der Waals surface area contributed by atoms with Crippen molar-refractivity contribution in [1.82, 2.24) is 9.78 Å². The Morgan fingerprint density at radius 1 is 1.19 bits per heavy atom. The maximum atomic E-state index is 12.3. The maximum Gasteiger partial charge on any atom is 0.327 e. The van der Waals surface area contributed by atoms with Gasteiger partial charge in [0.15, 0.2) is 0 Å². The van der Waals surface area contributed by atoms with Crippen molar-refractivity contribution >= 4 is 22.9 Å². The van der Waals surface area contributed by atoms with Gasteiger partial charge in [0.25, 0.3) is 0 Å². The second-order valence-corrected chi connectivity index (χ2v) is 8.20. The van der Waals surface area contributed by atoms with E-state index >= 15 is 0 Å². The minimum absolute atomic E-state index is 0.0299. The van der Waals surface area contributed by atoms with E-state index < -0.39 is 11.3 Å². The summed E-state index contributed by atoms with van der Waals surface area (Å²) in [6, 6.07) is 17.1. The zero-order chi connectivity index (χ0) is 21.8. The highest BCUT2D eigenvalue weighted by Crippen LogP contribution is 2.38. The summed E-state index contributed by atoms with van der Waals surface area (Å²) in [6.45, 7) is 2.10. The number of benzene rings is 2. The van der Waals surface area contributed by atoms with Gasteiger partial charge in [0.2, 0.25) is 0 Å². The van der Waals surface area contributed by atoms with Crippen LogP contribution in [0.1, 0.15) is 37.1 Å². The molecule has 1 aromatic heterocycles. The largest absolute Gasteiger partial charge is 0.755 e. The molecule has 1 aliphatic rings. The fraction of sp³-hybridized carbons (Fsp3) is 0.304. The van der Waals surface area contributed by atoms with Gasteiger partial charge in [0.05, 0.1) is 18.8 Å². The number of ether oxygens (including phenoxy) is 1. The van der Waals surface area contributed by atoms with Crippen LogP contribution in [0.5, 0.6) is 0 Å². The number of esters is 1. The van der Waals surface area contributed by atoms with Crippen molar-refractivity contribution in [3.8, 4) is 11.1 Å². The first-order chi connectivity index (χ1) is 15.1. The minimum atomic E-state index is -2.46. The third-order valence-electron chi connectivity index (χ3n) is 5.49. The molecule has 2 atom stereocenters. The SMILES string of the molecule is CCOC(=O)Cn1ncc2c1CCCC2N(c1ccc(-c2ccccc2)cc1)S(=O)[O-]. The van der Waals surface area contributed by atoms with Crippen molar-refractivity contribution in [2.24, 2.45) is 0 Å². The van der Waals surface area contributed by atoms with Gasteiger partial charge in [-0.25, -0.2) is 0 Å². The van der Waals surface area contributed by atoms with Gasteiger partial charge in [-0.2, -0.15) is 5.10 Å². The van der Waals surface area contributed by atoms with Gasteiger partial charge in [-0.3, -0.25) is 18.0 Å². The molecule has 0 saturated heterocycles. The summed E-state index contributed by atoms with van der Waals surface area (Å²) in [5.74, 6) is -0.351. The molecule has 0 saturated carbocycles. The third-order valence-corrected chi connectivity index (χ3v) is 6.27. The lowest BCUT2D eigenvalue weighted by Gasteiger charge is -2.37. The van der Waals surface area contributed by atoms with Crippen LogP contribution >= 0.6 is 0 Å². The predicted molar refractivity (Wildman–Crippen MR) is 118 cm³/mol. The van der Waals surface area contributed by atoms with E-state index in [2.05, 4.69) is 5.10 Å². The van der Waals surface area contributed by atoms with E-state index in [1.54, 1.807) is 17.8 Å². The Bertz CT molecular complexity index is 1070. The van der Waals surface area contributed by atoms with Crippen molar-refractivity contribution < 1.29 is 18.3 Å². The molecule has 0 bridgehead atoms. The topological polar surface area (TPSA) is 87.5 Å². The van der Waals surface area contributed by atoms with Gasteiger partial charge < -0.3 is 9.29 Å². The van der Waals surface area contributed by atoms with Gasteiger partial charge in [-0.1, -0.05) is 42.5 Å². The molecule has 0 fully saturated rings. The highest BCUT2D eigenvalue weighted by molar-refractivity contribution is 7.80. The standard InChI is InChI=1S/C23H25N3O4S/c1-2-30-23(27)16-25-21-9-6-10-22(20(21)15-24-25)26(31(28)29)19-13-11-18(12-14-19)17-7-4-3-5-8-17/h3-5,7-8,11-15,22H,2,6,9-10,16H2,1H3,(H,28,29)/p-1. The quantitative estimate of drug-likeness (QED) is 0.414. The molecular weight excluding hydrogens is 414 g/mol. The van der Waals surface area contributed by atoms with E-state index in [-0.39, 0.29) is 18.6 Å². The number of hydrogen-bond acceptors (Lipinski definition) is 5. The monoisotopic (exact) mass is 438 g/mol. The van der Waals surface area contributed by atoms with Gasteiger partial charge in [-0.05, 0) is 49.4 Å². The summed E-state index contributed by atoms with van der Waals surface area (Å²) < 4.78 is 32.6. The highest BCUT2D eigenvalue weighted by atomic mass is 32.2. The van der Waals surface area contributed by atoms with Crippen LogP contribution in [0.25, 0.3) is 11.1 Å². The van der Waals surface area contributed by atoms with Crippen LogP contribution < -0.4 is 4.31 Å². The van der Waals surface area contributed by atoms with E-state index in [9.17, 15) is 13.6 Å². The van der Waals surface area contributed by atoms with Crippen molar-refractivity contribution in [2.75, 3.05) is 10.9 Å². The number of carbonyl (C=O) groups excluding carboxylic acids is 1. The third kappa shape index (κ3) is 4.55. The van der Waals surface area contributed by atoms with Crippen LogP contribution in [0, 0.1) is 0 Å². The van der Waals surface area contributed by atoms with E-state index in [4.69, 9.17) is 4.74 Å². The first-order valence-corrected chi connectivity index (χ1v) is 11.4. The van der Waals surface area contributed by atoms with Crippen molar-refractivity contribution in [3.05, 3.63) is 72.1 Å². The lowest BCUT2D eigenvalue weighted by atomic mass is 9.92. The Morgan fingerprint density at radius 2 is 1.90 bits per heavy atom. The zero-order valence-corrected chi connectivity index (χ0v) is 18.1. The Kier molecular flexibility index (Phi) is 6.48. The van der Waals surface area contributed by atoms with Crippen LogP contribution in [-0.4, -0.2) is 31.1 Å². The van der Waals surface area contributed by atoms with E-state index in [0.717, 1.165) is 35.2 Å². The molecule has 0 spiro atoms. The predicted octanol–water partition coefficient (Wildman–Crippen LogP) is 3.79. The molecule has 0 radical (unpaired) electrons. The van der Waals surface area contributed by atoms with E-state index in [0.29, 0.717) is 18.7 Å². The van der Waals surface area contributed by atoms with E-state index in [1.165, 1.54) is 4.31 Å². The first-order valence-electron chi connectivity index (χ1n) is 10.3. The van der Waals surface area contributed by atoms with Crippen LogP contribution in [0.4, 0.5) is 5.69 Å². The number of anilines is 1. The fourth-order valence-corrected chi connectivity index (χ4v) is 4.83. The van der Waals surface area contributed by atoms with Gasteiger partial charge in [0, 0.05) is 28.2 Å². The first kappa shape index (κ1) is 21.3. The van der Waals surface area contributed by atoms with Gasteiger partial charge in [-0.15, -0.1) is 0 Å². The molecule has 7 nitrogen and oxygen atoms in total. The van der Waals surface area contributed by atoms with Crippen molar-refractivity contribution in [3.63, 3.8) is 0 Å². The average Bonchev–Trinajstić information content (AvgIpc) is 3.18. The molecular formula is C23H24N3O4S-. The molecule has 31 heavy (non-hydrogen) atoms. The second kappa shape index (κ2) is 9.45. The number of rotatable bonds is 7. The van der Waals surface area contributed by atoms with Crippen molar-refractivity contribution in [1.29, 1.82) is 0 Å². The average molecular weight is 439 g/mol. The summed E-state index contributed by atoms with van der Waals surface area (Å²) in [4.78, 5) is 11.9. The minimum Gasteiger partial charge on any atom is -0.755 e. The molecule has 2 unspecified atom stereocenters. The Hall–Kier alpha value is -2.97. The lowest BCUT2D eigenvalue weighted by molar-refractivity contribution is -0.144. The number of fused-ring (bicyclic) bond motifs is 1. The zero-order valence-electron chi connectivity index (χ0n) is 17.3. The Labute approximate surface area is 184 Å². The number of hydrogen-bond donors (Lipinski definition) is 0. The summed E-state index contributed by atoms with van der Waals surface area (Å²) >= 11 is -2.46. The summed E-state index contributed by atoms with van der Waals surface area (Å²) in [5.41, 5.74) is 4.42. The fourth-order valence-electron chi connectivity index (χ4n) is 4.11. The molecule has 3 aromatic rings. The molecule has 2 aromatic carbocycles. The molecule has 0 amide bonds. The summed E-state index contributed by atoms with van der Waals surface area (Å²) in [6.07, 6.45) is 3.92. The highest BCUT2D eigenvalue weighted by Gasteiger charge is 2.30. The second-order valence-electron chi connectivity index (χ2n) is 7.37. The van der Waals surface area contributed by atoms with Crippen LogP contribution in [-0.2, 0) is 33.8 Å². The molecule has 0 aliphatic heterocycles. The summed E-state index contributed by atoms with van der Waals surface area (Å²) in [7, 11) is 0. The van der Waals surface area contributed by atoms with Crippen LogP contribution in [0.15, 0.2) is 60.8 Å². The smallest absolute Gasteiger partial charge is 0.327 e. The molecule has 0 N–H and O–H groups in total. The lowest BCUT2D eigenvalue weighted by Crippen LogP contribution is -2.33. The molecule has 1 heterocycles. The Balaban J connectivity index is 1.62. The summed E-state index contributed by atoms with van der Waals surface area (Å²) in [5, 5.41) is 4.35. The van der Waals surface area contributed by atoms with Gasteiger partial charge in [0.1, 0.15) is 6.54 Å². The Morgan fingerprint density at radius 3 is 2.58 bits per heavy atom. The number of carbonyl (C=O) groups is 1. The van der Waals surface area contributed by atoms with E-state index in [1.807, 2.05) is 54.6 Å². The number of aromatic nitrogens is 2. The molecule has 1 aliphatic carbocycles. The molecule has 162 valence electrons. The van der Waals surface area contributed by atoms with Crippen molar-refractivity contribution in [2.45, 2.75) is 38.8 Å². The van der Waals surface area contributed by atoms with Gasteiger partial charge >= 0.3 is 5.97 Å². The molecule has 8 heteroatoms. The van der Waals surface area contributed by atoms with Crippen LogP contribution in [0.2, 0.25) is 0 Å². The number of nitrogens with zero attached hydrogens (tertiary/aromatic N) is 3. The maximum absolute atomic E-state index is 12.3.